The maximum atomic E-state index is 5.56. The molecule has 3 aromatic rings. The molecule has 0 radical (unpaired) electrons. The summed E-state index contributed by atoms with van der Waals surface area (Å²) in [6.45, 7) is 6.76. The molecule has 0 bridgehead atoms. The topological polar surface area (TPSA) is 55.7 Å². The average molecular weight is 452 g/mol. The molecule has 5 heterocycles. The molecule has 32 heavy (non-hydrogen) atoms. The summed E-state index contributed by atoms with van der Waals surface area (Å²) in [6, 6.07) is 8.38. The molecule has 3 aliphatic rings. The lowest BCUT2D eigenvalue weighted by Crippen LogP contribution is -2.36. The molecular formula is C24H29N5O2S. The van der Waals surface area contributed by atoms with E-state index in [1.807, 2.05) is 23.5 Å². The first kappa shape index (κ1) is 20.2. The number of ether oxygens (including phenoxy) is 2. The molecule has 1 aromatic carbocycles. The van der Waals surface area contributed by atoms with E-state index in [1.54, 1.807) is 13.4 Å². The molecule has 7 nitrogen and oxygen atoms in total. The first-order valence-corrected chi connectivity index (χ1v) is 12.3. The fourth-order valence-electron chi connectivity index (χ4n) is 5.19. The van der Waals surface area contributed by atoms with Crippen molar-refractivity contribution in [2.24, 2.45) is 5.92 Å². The summed E-state index contributed by atoms with van der Waals surface area (Å²) in [5.74, 6) is 2.68. The van der Waals surface area contributed by atoms with Crippen molar-refractivity contribution >= 4 is 16.3 Å². The molecule has 0 spiro atoms. The largest absolute Gasteiger partial charge is 0.497 e. The highest BCUT2D eigenvalue weighted by Crippen LogP contribution is 2.47. The van der Waals surface area contributed by atoms with Crippen molar-refractivity contribution in [2.45, 2.75) is 39.0 Å². The Labute approximate surface area is 192 Å². The molecule has 1 saturated heterocycles. The number of aromatic nitrogens is 3. The molecule has 0 amide bonds. The van der Waals surface area contributed by atoms with E-state index in [2.05, 4.69) is 36.7 Å². The number of methoxy groups -OCH3 is 1. The Morgan fingerprint density at radius 3 is 2.84 bits per heavy atom. The van der Waals surface area contributed by atoms with Gasteiger partial charge in [0.05, 0.1) is 12.7 Å². The minimum atomic E-state index is 0.736. The number of benzene rings is 1. The zero-order valence-corrected chi connectivity index (χ0v) is 19.3. The zero-order chi connectivity index (χ0) is 21.5. The van der Waals surface area contributed by atoms with Crippen molar-refractivity contribution in [3.05, 3.63) is 46.6 Å². The predicted octanol–water partition coefficient (Wildman–Crippen LogP) is 3.78. The number of anilines is 1. The van der Waals surface area contributed by atoms with Gasteiger partial charge in [-0.15, -0.1) is 11.3 Å². The van der Waals surface area contributed by atoms with Crippen LogP contribution < -0.4 is 9.64 Å². The monoisotopic (exact) mass is 451 g/mol. The Morgan fingerprint density at radius 2 is 2.03 bits per heavy atom. The Morgan fingerprint density at radius 1 is 1.19 bits per heavy atom. The SMILES string of the molecule is COc1ccc(CN2Cn3ncnc3-c3c2sc2c3CN(CC3CCOCC3)CC2)cc1. The molecule has 0 atom stereocenters. The van der Waals surface area contributed by atoms with Gasteiger partial charge in [0.2, 0.25) is 0 Å². The van der Waals surface area contributed by atoms with Crippen LogP contribution in [-0.4, -0.2) is 53.1 Å². The zero-order valence-electron chi connectivity index (χ0n) is 18.5. The lowest BCUT2D eigenvalue weighted by Gasteiger charge is -2.33. The van der Waals surface area contributed by atoms with Gasteiger partial charge in [0.15, 0.2) is 5.82 Å². The van der Waals surface area contributed by atoms with E-state index < -0.39 is 0 Å². The van der Waals surface area contributed by atoms with Crippen molar-refractivity contribution in [1.29, 1.82) is 0 Å². The van der Waals surface area contributed by atoms with E-state index in [9.17, 15) is 0 Å². The van der Waals surface area contributed by atoms with Crippen LogP contribution in [0.1, 0.15) is 28.8 Å². The van der Waals surface area contributed by atoms with Crippen LogP contribution in [0, 0.1) is 5.92 Å². The fraction of sp³-hybridized carbons (Fsp3) is 0.500. The summed E-state index contributed by atoms with van der Waals surface area (Å²) in [7, 11) is 1.71. The number of rotatable bonds is 5. The second-order valence-electron chi connectivity index (χ2n) is 9.00. The fourth-order valence-corrected chi connectivity index (χ4v) is 6.48. The van der Waals surface area contributed by atoms with E-state index in [4.69, 9.17) is 9.47 Å². The summed E-state index contributed by atoms with van der Waals surface area (Å²) >= 11 is 1.96. The number of thiophene rings is 1. The third kappa shape index (κ3) is 3.70. The molecule has 0 aliphatic carbocycles. The van der Waals surface area contributed by atoms with Gasteiger partial charge in [-0.1, -0.05) is 12.1 Å². The minimum absolute atomic E-state index is 0.736. The van der Waals surface area contributed by atoms with Gasteiger partial charge in [0.25, 0.3) is 0 Å². The van der Waals surface area contributed by atoms with Gasteiger partial charge in [-0.3, -0.25) is 4.90 Å². The van der Waals surface area contributed by atoms with Crippen LogP contribution in [0.25, 0.3) is 11.4 Å². The highest BCUT2D eigenvalue weighted by molar-refractivity contribution is 7.17. The van der Waals surface area contributed by atoms with Gasteiger partial charge < -0.3 is 14.4 Å². The lowest BCUT2D eigenvalue weighted by molar-refractivity contribution is 0.0507. The summed E-state index contributed by atoms with van der Waals surface area (Å²) in [6.07, 6.45) is 5.20. The van der Waals surface area contributed by atoms with E-state index in [1.165, 1.54) is 46.0 Å². The molecule has 8 heteroatoms. The van der Waals surface area contributed by atoms with Crippen molar-refractivity contribution in [2.75, 3.05) is 38.3 Å². The van der Waals surface area contributed by atoms with E-state index in [0.29, 0.717) is 0 Å². The number of nitrogens with zero attached hydrogens (tertiary/aromatic N) is 5. The quantitative estimate of drug-likeness (QED) is 0.589. The van der Waals surface area contributed by atoms with Crippen LogP contribution in [0.4, 0.5) is 5.00 Å². The molecule has 0 unspecified atom stereocenters. The Bertz CT molecular complexity index is 1090. The normalized spacial score (nSPS) is 18.8. The van der Waals surface area contributed by atoms with Crippen LogP contribution >= 0.6 is 11.3 Å². The van der Waals surface area contributed by atoms with Gasteiger partial charge in [0.1, 0.15) is 23.7 Å². The first-order chi connectivity index (χ1) is 15.8. The third-order valence-electron chi connectivity index (χ3n) is 6.93. The van der Waals surface area contributed by atoms with Gasteiger partial charge in [0, 0.05) is 44.3 Å². The van der Waals surface area contributed by atoms with Crippen molar-refractivity contribution in [3.63, 3.8) is 0 Å². The highest BCUT2D eigenvalue weighted by Gasteiger charge is 2.34. The first-order valence-electron chi connectivity index (χ1n) is 11.5. The molecule has 2 aromatic heterocycles. The van der Waals surface area contributed by atoms with Crippen LogP contribution in [0.3, 0.4) is 0 Å². The summed E-state index contributed by atoms with van der Waals surface area (Å²) in [5.41, 5.74) is 4.05. The van der Waals surface area contributed by atoms with E-state index >= 15 is 0 Å². The number of hydrogen-bond donors (Lipinski definition) is 0. The van der Waals surface area contributed by atoms with E-state index in [0.717, 1.165) is 63.4 Å². The standard InChI is InChI=1S/C24H29N5O2S/c1-30-19-4-2-17(3-5-19)13-28-16-29-23(25-15-26-29)22-20-14-27(9-6-21(20)32-24(22)28)12-18-7-10-31-11-8-18/h2-5,15,18H,6-14,16H2,1H3. The molecule has 6 rings (SSSR count). The van der Waals surface area contributed by atoms with Crippen molar-refractivity contribution < 1.29 is 9.47 Å². The summed E-state index contributed by atoms with van der Waals surface area (Å²) in [5, 5.41) is 5.88. The van der Waals surface area contributed by atoms with Crippen LogP contribution in [0.2, 0.25) is 0 Å². The van der Waals surface area contributed by atoms with Gasteiger partial charge in [-0.2, -0.15) is 5.10 Å². The average Bonchev–Trinajstić information content (AvgIpc) is 3.44. The highest BCUT2D eigenvalue weighted by atomic mass is 32.1. The second kappa shape index (κ2) is 8.50. The Kier molecular flexibility index (Phi) is 5.37. The van der Waals surface area contributed by atoms with Crippen LogP contribution in [-0.2, 0) is 30.9 Å². The molecule has 0 saturated carbocycles. The number of fused-ring (bicyclic) bond motifs is 5. The predicted molar refractivity (Wildman–Crippen MR) is 125 cm³/mol. The number of hydrogen-bond acceptors (Lipinski definition) is 7. The molecule has 0 N–H and O–H groups in total. The maximum absolute atomic E-state index is 5.56. The molecule has 168 valence electrons. The third-order valence-corrected chi connectivity index (χ3v) is 8.28. The Hall–Kier alpha value is -2.42. The van der Waals surface area contributed by atoms with Crippen molar-refractivity contribution in [1.82, 2.24) is 19.7 Å². The summed E-state index contributed by atoms with van der Waals surface area (Å²) < 4.78 is 12.9. The maximum Gasteiger partial charge on any atom is 0.163 e. The second-order valence-corrected chi connectivity index (χ2v) is 10.1. The molecular weight excluding hydrogens is 422 g/mol. The molecule has 1 fully saturated rings. The minimum Gasteiger partial charge on any atom is -0.497 e. The van der Waals surface area contributed by atoms with Gasteiger partial charge in [-0.25, -0.2) is 9.67 Å². The van der Waals surface area contributed by atoms with Crippen molar-refractivity contribution in [3.8, 4) is 17.1 Å². The lowest BCUT2D eigenvalue weighted by atomic mass is 9.97. The van der Waals surface area contributed by atoms with Crippen LogP contribution in [0.15, 0.2) is 30.6 Å². The van der Waals surface area contributed by atoms with Gasteiger partial charge >= 0.3 is 0 Å². The smallest absolute Gasteiger partial charge is 0.163 e. The molecule has 3 aliphatic heterocycles. The Balaban J connectivity index is 1.29. The summed E-state index contributed by atoms with van der Waals surface area (Å²) in [4.78, 5) is 11.3. The van der Waals surface area contributed by atoms with Crippen LogP contribution in [0.5, 0.6) is 5.75 Å². The van der Waals surface area contributed by atoms with E-state index in [-0.39, 0.29) is 0 Å². The van der Waals surface area contributed by atoms with Gasteiger partial charge in [-0.05, 0) is 48.4 Å².